The molecule has 0 saturated carbocycles. The van der Waals surface area contributed by atoms with Crippen molar-refractivity contribution in [3.63, 3.8) is 0 Å². The minimum Gasteiger partial charge on any atom is -0.462 e. The summed E-state index contributed by atoms with van der Waals surface area (Å²) >= 11 is 0. The normalized spacial score (nSPS) is 13.7. The molecule has 0 aromatic rings. The molecule has 360 valence electrons. The predicted octanol–water partition coefficient (Wildman–Crippen LogP) is 16.0. The van der Waals surface area contributed by atoms with Crippen LogP contribution in [0.25, 0.3) is 0 Å². The minimum absolute atomic E-state index is 0.0395. The second kappa shape index (κ2) is 49.6. The molecule has 1 amide bonds. The topological polar surface area (TPSA) is 95.9 Å². The molecule has 0 bridgehead atoms. The largest absolute Gasteiger partial charge is 0.462 e. The number of hydrogen-bond donors (Lipinski definition) is 3. The Morgan fingerprint density at radius 3 is 1.29 bits per heavy atom. The number of nitrogens with one attached hydrogen (secondary N) is 1. The van der Waals surface area contributed by atoms with Crippen LogP contribution in [0.3, 0.4) is 0 Å². The van der Waals surface area contributed by atoms with Crippen molar-refractivity contribution in [2.45, 2.75) is 277 Å². The lowest BCUT2D eigenvalue weighted by atomic mass is 10.0. The summed E-state index contributed by atoms with van der Waals surface area (Å²) in [6, 6.07) is -0.719. The van der Waals surface area contributed by atoms with Crippen molar-refractivity contribution < 1.29 is 24.5 Å². The van der Waals surface area contributed by atoms with Crippen molar-refractivity contribution in [1.82, 2.24) is 5.32 Å². The molecule has 6 nitrogen and oxygen atoms in total. The highest BCUT2D eigenvalue weighted by Crippen LogP contribution is 2.17. The first-order chi connectivity index (χ1) is 30.5. The highest BCUT2D eigenvalue weighted by Gasteiger charge is 2.24. The summed E-state index contributed by atoms with van der Waals surface area (Å²) in [5, 5.41) is 23.8. The van der Waals surface area contributed by atoms with Crippen LogP contribution in [0.1, 0.15) is 258 Å². The highest BCUT2D eigenvalue weighted by atomic mass is 16.5. The number of allylic oxidation sites excluding steroid dienone is 10. The third-order valence-electron chi connectivity index (χ3n) is 11.9. The van der Waals surface area contributed by atoms with Gasteiger partial charge < -0.3 is 20.3 Å². The second-order valence-electron chi connectivity index (χ2n) is 17.9. The first-order valence-corrected chi connectivity index (χ1v) is 26.5. The van der Waals surface area contributed by atoms with Gasteiger partial charge in [0.05, 0.1) is 25.2 Å². The number of hydrogen-bond acceptors (Lipinski definition) is 5. The van der Waals surface area contributed by atoms with Crippen molar-refractivity contribution >= 4 is 11.9 Å². The SMILES string of the molecule is CC/C=C\C/C=C\C/C=C\C/C=C\C/C=C\CCCC(CC(=O)NC(CO)C(O)CCCCCCCCCCCCCCCCC)OC(=O)CCCCCCCCCCCCC. The van der Waals surface area contributed by atoms with Crippen LogP contribution in [0.4, 0.5) is 0 Å². The van der Waals surface area contributed by atoms with Crippen LogP contribution >= 0.6 is 0 Å². The molecule has 62 heavy (non-hydrogen) atoms. The van der Waals surface area contributed by atoms with E-state index in [9.17, 15) is 19.8 Å². The number of rotatable bonds is 47. The van der Waals surface area contributed by atoms with E-state index in [0.29, 0.717) is 19.3 Å². The first kappa shape index (κ1) is 59.6. The maximum atomic E-state index is 13.2. The van der Waals surface area contributed by atoms with Crippen LogP contribution in [0.5, 0.6) is 0 Å². The number of unbranched alkanes of at least 4 members (excludes halogenated alkanes) is 25. The van der Waals surface area contributed by atoms with Crippen LogP contribution in [-0.2, 0) is 14.3 Å². The van der Waals surface area contributed by atoms with Crippen LogP contribution in [0.15, 0.2) is 60.8 Å². The zero-order chi connectivity index (χ0) is 45.2. The lowest BCUT2D eigenvalue weighted by Gasteiger charge is -2.24. The molecule has 0 aliphatic rings. The third-order valence-corrected chi connectivity index (χ3v) is 11.9. The molecule has 3 atom stereocenters. The van der Waals surface area contributed by atoms with Crippen molar-refractivity contribution in [3.8, 4) is 0 Å². The van der Waals surface area contributed by atoms with Gasteiger partial charge in [0.2, 0.25) is 5.91 Å². The molecule has 0 spiro atoms. The molecule has 0 aromatic carbocycles. The Hall–Kier alpha value is -2.44. The summed E-state index contributed by atoms with van der Waals surface area (Å²) in [6.07, 6.45) is 61.4. The van der Waals surface area contributed by atoms with Gasteiger partial charge in [0.15, 0.2) is 0 Å². The average molecular weight is 868 g/mol. The number of carbonyl (C=O) groups excluding carboxylic acids is 2. The molecule has 0 saturated heterocycles. The molecule has 0 aromatic heterocycles. The Bertz CT molecular complexity index is 1110. The van der Waals surface area contributed by atoms with E-state index in [1.807, 2.05) is 0 Å². The number of amides is 1. The zero-order valence-electron chi connectivity index (χ0n) is 41.0. The Balaban J connectivity index is 4.65. The Kier molecular flexibility index (Phi) is 47.6. The van der Waals surface area contributed by atoms with Gasteiger partial charge in [0, 0.05) is 6.42 Å². The third kappa shape index (κ3) is 44.2. The fraction of sp³-hybridized carbons (Fsp3) is 0.786. The number of aliphatic hydroxyl groups is 2. The smallest absolute Gasteiger partial charge is 0.306 e. The Morgan fingerprint density at radius 1 is 0.484 bits per heavy atom. The van der Waals surface area contributed by atoms with Gasteiger partial charge in [-0.25, -0.2) is 0 Å². The van der Waals surface area contributed by atoms with E-state index < -0.39 is 18.2 Å². The van der Waals surface area contributed by atoms with Crippen LogP contribution in [-0.4, -0.2) is 46.9 Å². The summed E-state index contributed by atoms with van der Waals surface area (Å²) in [5.74, 6) is -0.525. The second-order valence-corrected chi connectivity index (χ2v) is 17.9. The number of carbonyl (C=O) groups is 2. The summed E-state index contributed by atoms with van der Waals surface area (Å²) in [4.78, 5) is 26.1. The van der Waals surface area contributed by atoms with Crippen molar-refractivity contribution in [1.29, 1.82) is 0 Å². The molecule has 0 aliphatic carbocycles. The molecule has 0 radical (unpaired) electrons. The number of ether oxygens (including phenoxy) is 1. The fourth-order valence-electron chi connectivity index (χ4n) is 7.87. The van der Waals surface area contributed by atoms with Gasteiger partial charge >= 0.3 is 5.97 Å². The Morgan fingerprint density at radius 2 is 0.871 bits per heavy atom. The van der Waals surface area contributed by atoms with Crippen molar-refractivity contribution in [3.05, 3.63) is 60.8 Å². The molecule has 3 unspecified atom stereocenters. The molecule has 0 heterocycles. The summed E-state index contributed by atoms with van der Waals surface area (Å²) in [5.41, 5.74) is 0. The predicted molar refractivity (Wildman–Crippen MR) is 268 cm³/mol. The van der Waals surface area contributed by atoms with Gasteiger partial charge in [0.25, 0.3) is 0 Å². The van der Waals surface area contributed by atoms with E-state index >= 15 is 0 Å². The van der Waals surface area contributed by atoms with E-state index in [1.54, 1.807) is 0 Å². The lowest BCUT2D eigenvalue weighted by molar-refractivity contribution is -0.151. The van der Waals surface area contributed by atoms with Gasteiger partial charge in [0.1, 0.15) is 6.10 Å². The van der Waals surface area contributed by atoms with Crippen LogP contribution in [0, 0.1) is 0 Å². The number of aliphatic hydroxyl groups excluding tert-OH is 2. The maximum absolute atomic E-state index is 13.2. The lowest BCUT2D eigenvalue weighted by Crippen LogP contribution is -2.46. The molecular weight excluding hydrogens is 767 g/mol. The maximum Gasteiger partial charge on any atom is 0.306 e. The van der Waals surface area contributed by atoms with Gasteiger partial charge in [-0.3, -0.25) is 9.59 Å². The minimum atomic E-state index is -0.802. The zero-order valence-corrected chi connectivity index (χ0v) is 41.0. The first-order valence-electron chi connectivity index (χ1n) is 26.5. The van der Waals surface area contributed by atoms with E-state index in [0.717, 1.165) is 83.5 Å². The summed E-state index contributed by atoms with van der Waals surface area (Å²) < 4.78 is 5.90. The average Bonchev–Trinajstić information content (AvgIpc) is 3.26. The van der Waals surface area contributed by atoms with Gasteiger partial charge in [-0.1, -0.05) is 242 Å². The van der Waals surface area contributed by atoms with Gasteiger partial charge in [-0.15, -0.1) is 0 Å². The summed E-state index contributed by atoms with van der Waals surface area (Å²) in [7, 11) is 0. The van der Waals surface area contributed by atoms with E-state index in [1.165, 1.54) is 128 Å². The fourth-order valence-corrected chi connectivity index (χ4v) is 7.87. The molecule has 0 aliphatic heterocycles. The standard InChI is InChI=1S/C56H101NO5/c1-4-7-10-13-16-19-22-24-26-27-29-30-33-35-38-41-44-47-52(62-56(61)49-46-43-40-37-32-21-18-15-12-9-6-3)50-55(60)57-53(51-58)54(59)48-45-42-39-36-34-31-28-25-23-20-17-14-11-8-5-2/h7,10,16,19,24,26,29-30,35,38,52-54,58-59H,4-6,8-9,11-15,17-18,20-23,25,27-28,31-34,36-37,39-51H2,1-3H3,(H,57,60)/b10-7-,19-16-,26-24-,30-29-,38-35-. The highest BCUT2D eigenvalue weighted by molar-refractivity contribution is 5.77. The van der Waals surface area contributed by atoms with E-state index in [4.69, 9.17) is 4.74 Å². The molecule has 6 heteroatoms. The number of esters is 1. The molecular formula is C56H101NO5. The van der Waals surface area contributed by atoms with Crippen LogP contribution in [0.2, 0.25) is 0 Å². The van der Waals surface area contributed by atoms with Crippen LogP contribution < -0.4 is 5.32 Å². The van der Waals surface area contributed by atoms with Gasteiger partial charge in [-0.05, 0) is 64.2 Å². The van der Waals surface area contributed by atoms with E-state index in [-0.39, 0.29) is 24.9 Å². The van der Waals surface area contributed by atoms with Crippen molar-refractivity contribution in [2.75, 3.05) is 6.61 Å². The van der Waals surface area contributed by atoms with Crippen molar-refractivity contribution in [2.24, 2.45) is 0 Å². The summed E-state index contributed by atoms with van der Waals surface area (Å²) in [6.45, 7) is 6.36. The van der Waals surface area contributed by atoms with E-state index in [2.05, 4.69) is 86.8 Å². The Labute approximate surface area is 384 Å². The molecule has 0 rings (SSSR count). The molecule has 0 fully saturated rings. The quantitative estimate of drug-likeness (QED) is 0.0322. The van der Waals surface area contributed by atoms with Gasteiger partial charge in [-0.2, -0.15) is 0 Å². The molecule has 3 N–H and O–H groups in total. The monoisotopic (exact) mass is 868 g/mol.